The Morgan fingerprint density at radius 2 is 0.917 bits per heavy atom. The monoisotopic (exact) mass is 770 g/mol. The van der Waals surface area contributed by atoms with E-state index in [0.29, 0.717) is 0 Å². The Kier molecular flexibility index (Phi) is 8.45. The number of anilines is 6. The van der Waals surface area contributed by atoms with E-state index in [4.69, 9.17) is 4.98 Å². The lowest BCUT2D eigenvalue weighted by molar-refractivity contribution is 0.666. The number of hydrogen-bond donors (Lipinski definition) is 0. The molecule has 0 bridgehead atoms. The van der Waals surface area contributed by atoms with Gasteiger partial charge < -0.3 is 9.80 Å². The number of aromatic nitrogens is 2. The third-order valence-corrected chi connectivity index (χ3v) is 12.1. The summed E-state index contributed by atoms with van der Waals surface area (Å²) in [6.45, 7) is 4.72. The van der Waals surface area contributed by atoms with Crippen LogP contribution in [-0.2, 0) is 5.41 Å². The van der Waals surface area contributed by atoms with Gasteiger partial charge in [-0.1, -0.05) is 135 Å². The summed E-state index contributed by atoms with van der Waals surface area (Å²) in [7, 11) is 0. The maximum atomic E-state index is 5.40. The normalized spacial score (nSPS) is 12.6. The molecule has 1 aliphatic rings. The quantitative estimate of drug-likeness (QED) is 0.154. The lowest BCUT2D eigenvalue weighted by Gasteiger charge is -2.29. The molecule has 0 spiro atoms. The van der Waals surface area contributed by atoms with Crippen LogP contribution in [0.2, 0.25) is 0 Å². The van der Waals surface area contributed by atoms with E-state index in [9.17, 15) is 0 Å². The van der Waals surface area contributed by atoms with E-state index in [-0.39, 0.29) is 5.41 Å². The smallest absolute Gasteiger partial charge is 0.145 e. The molecule has 0 amide bonds. The van der Waals surface area contributed by atoms with Gasteiger partial charge in [-0.3, -0.25) is 4.57 Å². The molecule has 0 atom stereocenters. The van der Waals surface area contributed by atoms with Crippen molar-refractivity contribution in [1.82, 2.24) is 9.55 Å². The lowest BCUT2D eigenvalue weighted by atomic mass is 9.80. The van der Waals surface area contributed by atoms with Gasteiger partial charge in [-0.2, -0.15) is 0 Å². The zero-order valence-electron chi connectivity index (χ0n) is 33.6. The van der Waals surface area contributed by atoms with Crippen LogP contribution in [0, 0.1) is 0 Å². The second-order valence-corrected chi connectivity index (χ2v) is 16.0. The molecule has 1 aliphatic carbocycles. The Hall–Kier alpha value is -7.69. The largest absolute Gasteiger partial charge is 0.310 e. The molecule has 1 aromatic heterocycles. The third-order valence-electron chi connectivity index (χ3n) is 12.1. The van der Waals surface area contributed by atoms with Gasteiger partial charge in [-0.15, -0.1) is 0 Å². The zero-order valence-corrected chi connectivity index (χ0v) is 33.6. The minimum atomic E-state index is -0.124. The van der Waals surface area contributed by atoms with E-state index in [1.807, 2.05) is 0 Å². The van der Waals surface area contributed by atoms with E-state index in [1.165, 1.54) is 33.0 Å². The van der Waals surface area contributed by atoms with Gasteiger partial charge in [0.1, 0.15) is 5.82 Å². The highest BCUT2D eigenvalue weighted by molar-refractivity contribution is 6.10. The van der Waals surface area contributed by atoms with E-state index >= 15 is 0 Å². The molecule has 0 fully saturated rings. The topological polar surface area (TPSA) is 24.3 Å². The van der Waals surface area contributed by atoms with E-state index in [1.54, 1.807) is 0 Å². The molecule has 0 N–H and O–H groups in total. The molecule has 0 saturated carbocycles. The predicted octanol–water partition coefficient (Wildman–Crippen LogP) is 15.1. The first-order valence-electron chi connectivity index (χ1n) is 20.6. The van der Waals surface area contributed by atoms with E-state index in [2.05, 4.69) is 247 Å². The average molecular weight is 771 g/mol. The van der Waals surface area contributed by atoms with Crippen LogP contribution in [0.3, 0.4) is 0 Å². The predicted molar refractivity (Wildman–Crippen MR) is 251 cm³/mol. The van der Waals surface area contributed by atoms with Gasteiger partial charge in [0.05, 0.1) is 11.0 Å². The number of imidazole rings is 1. The van der Waals surface area contributed by atoms with Crippen molar-refractivity contribution < 1.29 is 0 Å². The number of hydrogen-bond acceptors (Lipinski definition) is 3. The standard InChI is InChI=1S/C56H42N4/c1-56(2)51-29-16-15-28-47(51)48-34-35-50-49(53(48)56)36-37-52-54(50)60(43-24-13-6-14-25-43)55(57-52)39-30-32-44(33-31-39)59(42-22-11-5-12-23-42)46-27-17-26-45(38-46)58(40-18-7-3-8-19-40)41-20-9-4-10-21-41/h3-38H,1-2H3. The number of fused-ring (bicyclic) bond motifs is 7. The van der Waals surface area contributed by atoms with Crippen molar-refractivity contribution in [3.63, 3.8) is 0 Å². The average Bonchev–Trinajstić information content (AvgIpc) is 3.81. The second-order valence-electron chi connectivity index (χ2n) is 16.0. The fourth-order valence-electron chi connectivity index (χ4n) is 9.45. The summed E-state index contributed by atoms with van der Waals surface area (Å²) in [5.41, 5.74) is 16.0. The zero-order chi connectivity index (χ0) is 40.2. The Morgan fingerprint density at radius 1 is 0.417 bits per heavy atom. The fraction of sp³-hybridized carbons (Fsp3) is 0.0536. The van der Waals surface area contributed by atoms with Crippen LogP contribution >= 0.6 is 0 Å². The molecule has 1 heterocycles. The van der Waals surface area contributed by atoms with Gasteiger partial charge in [0.15, 0.2) is 0 Å². The van der Waals surface area contributed by atoms with Crippen LogP contribution in [0.4, 0.5) is 34.1 Å². The summed E-state index contributed by atoms with van der Waals surface area (Å²) in [6.07, 6.45) is 0. The van der Waals surface area contributed by atoms with Crippen molar-refractivity contribution in [3.8, 4) is 28.2 Å². The number of nitrogens with zero attached hydrogens (tertiary/aromatic N) is 4. The van der Waals surface area contributed by atoms with Crippen LogP contribution in [0.1, 0.15) is 25.0 Å². The number of rotatable bonds is 8. The van der Waals surface area contributed by atoms with E-state index in [0.717, 1.165) is 62.2 Å². The summed E-state index contributed by atoms with van der Waals surface area (Å²) < 4.78 is 2.36. The summed E-state index contributed by atoms with van der Waals surface area (Å²) in [5, 5.41) is 2.49. The number of para-hydroxylation sites is 4. The Bertz CT molecular complexity index is 3110. The maximum Gasteiger partial charge on any atom is 0.145 e. The summed E-state index contributed by atoms with van der Waals surface area (Å²) in [6, 6.07) is 78.1. The van der Waals surface area contributed by atoms with Gasteiger partial charge in [-0.05, 0) is 125 Å². The van der Waals surface area contributed by atoms with Crippen LogP contribution in [-0.4, -0.2) is 9.55 Å². The third kappa shape index (κ3) is 5.79. The minimum Gasteiger partial charge on any atom is -0.310 e. The Balaban J connectivity index is 1.05. The molecule has 4 heteroatoms. The highest BCUT2D eigenvalue weighted by Crippen LogP contribution is 2.52. The highest BCUT2D eigenvalue weighted by Gasteiger charge is 2.37. The molecule has 60 heavy (non-hydrogen) atoms. The molecule has 10 aromatic rings. The van der Waals surface area contributed by atoms with Crippen molar-refractivity contribution >= 4 is 55.9 Å². The molecule has 0 unspecified atom stereocenters. The van der Waals surface area contributed by atoms with E-state index < -0.39 is 0 Å². The molecule has 286 valence electrons. The van der Waals surface area contributed by atoms with Crippen molar-refractivity contribution in [2.75, 3.05) is 9.80 Å². The molecule has 11 rings (SSSR count). The van der Waals surface area contributed by atoms with Crippen molar-refractivity contribution in [2.24, 2.45) is 0 Å². The molecule has 4 nitrogen and oxygen atoms in total. The first-order valence-corrected chi connectivity index (χ1v) is 20.6. The van der Waals surface area contributed by atoms with Crippen LogP contribution in [0.25, 0.3) is 50.0 Å². The van der Waals surface area contributed by atoms with Gasteiger partial charge in [0.2, 0.25) is 0 Å². The van der Waals surface area contributed by atoms with Crippen LogP contribution < -0.4 is 9.80 Å². The van der Waals surface area contributed by atoms with Crippen molar-refractivity contribution in [2.45, 2.75) is 19.3 Å². The first kappa shape index (κ1) is 35.5. The van der Waals surface area contributed by atoms with Gasteiger partial charge >= 0.3 is 0 Å². The van der Waals surface area contributed by atoms with Gasteiger partial charge in [-0.25, -0.2) is 4.98 Å². The number of benzene rings is 9. The lowest BCUT2D eigenvalue weighted by Crippen LogP contribution is -2.15. The van der Waals surface area contributed by atoms with Gasteiger partial charge in [0, 0.05) is 56.2 Å². The maximum absolute atomic E-state index is 5.40. The molecule has 9 aromatic carbocycles. The highest BCUT2D eigenvalue weighted by atomic mass is 15.2. The van der Waals surface area contributed by atoms with Gasteiger partial charge in [0.25, 0.3) is 0 Å². The minimum absolute atomic E-state index is 0.124. The second kappa shape index (κ2) is 14.3. The molecule has 0 radical (unpaired) electrons. The van der Waals surface area contributed by atoms with Crippen molar-refractivity contribution in [3.05, 3.63) is 230 Å². The summed E-state index contributed by atoms with van der Waals surface area (Å²) in [5.74, 6) is 0.910. The Labute approximate surface area is 350 Å². The summed E-state index contributed by atoms with van der Waals surface area (Å²) >= 11 is 0. The molecular weight excluding hydrogens is 729 g/mol. The first-order chi connectivity index (χ1) is 29.5. The molecular formula is C56H42N4. The molecule has 0 aliphatic heterocycles. The fourth-order valence-corrected chi connectivity index (χ4v) is 9.45. The SMILES string of the molecule is CC1(C)c2ccccc2-c2ccc3c(ccc4nc(-c5ccc(N(c6ccccc6)c6cccc(N(c7ccccc7)c7ccccc7)c6)cc5)n(-c5ccccc5)c43)c21. The summed E-state index contributed by atoms with van der Waals surface area (Å²) in [4.78, 5) is 10.0. The van der Waals surface area contributed by atoms with Crippen LogP contribution in [0.5, 0.6) is 0 Å². The molecule has 0 saturated heterocycles. The van der Waals surface area contributed by atoms with Crippen LogP contribution in [0.15, 0.2) is 218 Å². The Morgan fingerprint density at radius 3 is 1.52 bits per heavy atom. The van der Waals surface area contributed by atoms with Crippen molar-refractivity contribution in [1.29, 1.82) is 0 Å².